The molecule has 1 aliphatic heterocycles. The third kappa shape index (κ3) is 4.09. The monoisotopic (exact) mass is 471 g/mol. The topological polar surface area (TPSA) is 81.6 Å². The van der Waals surface area contributed by atoms with Crippen LogP contribution in [0.2, 0.25) is 0 Å². The Morgan fingerprint density at radius 2 is 1.72 bits per heavy atom. The zero-order valence-electron chi connectivity index (χ0n) is 16.8. The predicted molar refractivity (Wildman–Crippen MR) is 119 cm³/mol. The van der Waals surface area contributed by atoms with Crippen molar-refractivity contribution < 1.29 is 22.3 Å². The highest BCUT2D eigenvalue weighted by atomic mass is 32.2. The number of morpholine rings is 1. The Labute approximate surface area is 188 Å². The minimum atomic E-state index is -3.57. The molecule has 5 rings (SSSR count). The molecule has 0 amide bonds. The van der Waals surface area contributed by atoms with E-state index in [1.54, 1.807) is 24.3 Å². The molecule has 2 aromatic carbocycles. The Morgan fingerprint density at radius 3 is 2.44 bits per heavy atom. The molecule has 0 atom stereocenters. The third-order valence-corrected chi connectivity index (χ3v) is 8.13. The highest BCUT2D eigenvalue weighted by molar-refractivity contribution is 7.89. The lowest BCUT2D eigenvalue weighted by molar-refractivity contribution is 0.0730. The van der Waals surface area contributed by atoms with E-state index in [0.717, 1.165) is 15.1 Å². The summed E-state index contributed by atoms with van der Waals surface area (Å²) in [5, 5.41) is 0. The van der Waals surface area contributed by atoms with Crippen molar-refractivity contribution >= 4 is 31.6 Å². The number of benzene rings is 2. The fourth-order valence-electron chi connectivity index (χ4n) is 3.39. The Balaban J connectivity index is 1.40. The quantitative estimate of drug-likeness (QED) is 0.431. The molecule has 4 aromatic rings. The van der Waals surface area contributed by atoms with Gasteiger partial charge >= 0.3 is 0 Å². The summed E-state index contributed by atoms with van der Waals surface area (Å²) >= 11 is 1.44. The fourth-order valence-corrected chi connectivity index (χ4v) is 5.84. The normalized spacial score (nSPS) is 15.2. The number of aromatic nitrogens is 2. The molecule has 32 heavy (non-hydrogen) atoms. The van der Waals surface area contributed by atoms with E-state index in [0.29, 0.717) is 43.4 Å². The van der Waals surface area contributed by atoms with Crippen LogP contribution in [0.25, 0.3) is 20.7 Å². The number of fused-ring (bicyclic) bond motifs is 1. The van der Waals surface area contributed by atoms with Crippen molar-refractivity contribution in [2.24, 2.45) is 0 Å². The number of nitrogens with zero attached hydrogens (tertiary/aromatic N) is 3. The first-order chi connectivity index (χ1) is 15.5. The molecule has 3 heterocycles. The first kappa shape index (κ1) is 21.0. The number of halogens is 1. The van der Waals surface area contributed by atoms with Crippen LogP contribution in [0.5, 0.6) is 11.6 Å². The number of rotatable bonds is 5. The minimum absolute atomic E-state index is 0.203. The van der Waals surface area contributed by atoms with Gasteiger partial charge in [-0.15, -0.1) is 11.3 Å². The number of ether oxygens (including phenoxy) is 2. The van der Waals surface area contributed by atoms with Crippen molar-refractivity contribution in [3.8, 4) is 22.1 Å². The molecule has 7 nitrogen and oxygen atoms in total. The van der Waals surface area contributed by atoms with Crippen LogP contribution in [0, 0.1) is 5.82 Å². The lowest BCUT2D eigenvalue weighted by Gasteiger charge is -2.26. The summed E-state index contributed by atoms with van der Waals surface area (Å²) < 4.78 is 52.1. The molecule has 2 aromatic heterocycles. The van der Waals surface area contributed by atoms with Gasteiger partial charge in [0.15, 0.2) is 0 Å². The van der Waals surface area contributed by atoms with Gasteiger partial charge in [-0.2, -0.15) is 4.31 Å². The summed E-state index contributed by atoms with van der Waals surface area (Å²) in [4.78, 5) is 9.66. The van der Waals surface area contributed by atoms with Gasteiger partial charge in [0.2, 0.25) is 15.9 Å². The molecule has 0 unspecified atom stereocenters. The molecule has 0 spiro atoms. The number of hydrogen-bond acceptors (Lipinski definition) is 7. The van der Waals surface area contributed by atoms with Crippen molar-refractivity contribution in [1.82, 2.24) is 14.3 Å². The molecule has 10 heteroatoms. The van der Waals surface area contributed by atoms with Gasteiger partial charge in [0, 0.05) is 18.0 Å². The standard InChI is InChI=1S/C22H18FN3O4S2/c23-16-3-1-15(2-4-16)20-13-19-21(31-20)22(25-14-24-19)30-17-5-7-18(8-6-17)32(27,28)26-9-11-29-12-10-26/h1-8,13-14H,9-12H2. The van der Waals surface area contributed by atoms with E-state index < -0.39 is 10.0 Å². The molecule has 0 saturated carbocycles. The zero-order chi connectivity index (χ0) is 22.1. The third-order valence-electron chi connectivity index (χ3n) is 5.05. The largest absolute Gasteiger partial charge is 0.437 e. The fraction of sp³-hybridized carbons (Fsp3) is 0.182. The van der Waals surface area contributed by atoms with Crippen LogP contribution in [-0.4, -0.2) is 49.0 Å². The Kier molecular flexibility index (Phi) is 5.60. The summed E-state index contributed by atoms with van der Waals surface area (Å²) in [7, 11) is -3.57. The maximum Gasteiger partial charge on any atom is 0.243 e. The number of sulfonamides is 1. The van der Waals surface area contributed by atoms with Crippen molar-refractivity contribution in [1.29, 1.82) is 0 Å². The molecule has 0 bridgehead atoms. The second-order valence-corrected chi connectivity index (χ2v) is 10.1. The van der Waals surface area contributed by atoms with E-state index in [1.807, 2.05) is 6.07 Å². The molecule has 0 radical (unpaired) electrons. The molecule has 0 N–H and O–H groups in total. The van der Waals surface area contributed by atoms with Gasteiger partial charge in [0.1, 0.15) is 22.6 Å². The van der Waals surface area contributed by atoms with E-state index in [-0.39, 0.29) is 10.7 Å². The Morgan fingerprint density at radius 1 is 1.00 bits per heavy atom. The Bertz CT molecular complexity index is 1350. The molecular weight excluding hydrogens is 453 g/mol. The van der Waals surface area contributed by atoms with Crippen LogP contribution in [0.1, 0.15) is 0 Å². The summed E-state index contributed by atoms with van der Waals surface area (Å²) in [6.45, 7) is 1.47. The average molecular weight is 472 g/mol. The van der Waals surface area contributed by atoms with Crippen LogP contribution < -0.4 is 4.74 Å². The second-order valence-electron chi connectivity index (χ2n) is 7.10. The van der Waals surface area contributed by atoms with Gasteiger partial charge in [-0.3, -0.25) is 0 Å². The maximum absolute atomic E-state index is 13.2. The van der Waals surface area contributed by atoms with Crippen molar-refractivity contribution in [2.75, 3.05) is 26.3 Å². The van der Waals surface area contributed by atoms with Gasteiger partial charge in [-0.05, 0) is 48.0 Å². The van der Waals surface area contributed by atoms with E-state index in [1.165, 1.54) is 46.2 Å². The molecule has 1 saturated heterocycles. The summed E-state index contributed by atoms with van der Waals surface area (Å²) in [6.07, 6.45) is 1.41. The Hall–Kier alpha value is -2.92. The number of thiophene rings is 1. The second kappa shape index (κ2) is 8.55. The van der Waals surface area contributed by atoms with Gasteiger partial charge in [0.05, 0.1) is 23.6 Å². The van der Waals surface area contributed by atoms with Gasteiger partial charge < -0.3 is 9.47 Å². The highest BCUT2D eigenvalue weighted by Crippen LogP contribution is 2.38. The van der Waals surface area contributed by atoms with Crippen molar-refractivity contribution in [2.45, 2.75) is 4.90 Å². The first-order valence-electron chi connectivity index (χ1n) is 9.87. The lowest BCUT2D eigenvalue weighted by atomic mass is 10.2. The zero-order valence-corrected chi connectivity index (χ0v) is 18.4. The smallest absolute Gasteiger partial charge is 0.243 e. The summed E-state index contributed by atoms with van der Waals surface area (Å²) in [5.41, 5.74) is 1.59. The van der Waals surface area contributed by atoms with Crippen LogP contribution >= 0.6 is 11.3 Å². The van der Waals surface area contributed by atoms with Crippen LogP contribution in [-0.2, 0) is 14.8 Å². The van der Waals surface area contributed by atoms with Crippen LogP contribution in [0.4, 0.5) is 4.39 Å². The lowest BCUT2D eigenvalue weighted by Crippen LogP contribution is -2.40. The maximum atomic E-state index is 13.2. The minimum Gasteiger partial charge on any atom is -0.437 e. The molecule has 1 fully saturated rings. The van der Waals surface area contributed by atoms with Crippen LogP contribution in [0.3, 0.4) is 0 Å². The summed E-state index contributed by atoms with van der Waals surface area (Å²) in [5.74, 6) is 0.539. The number of hydrogen-bond donors (Lipinski definition) is 0. The van der Waals surface area contributed by atoms with Gasteiger partial charge in [-0.25, -0.2) is 22.8 Å². The SMILES string of the molecule is O=S(=O)(c1ccc(Oc2ncnc3cc(-c4ccc(F)cc4)sc23)cc1)N1CCOCC1. The van der Waals surface area contributed by atoms with Gasteiger partial charge in [0.25, 0.3) is 0 Å². The molecule has 0 aliphatic carbocycles. The summed E-state index contributed by atoms with van der Waals surface area (Å²) in [6, 6.07) is 14.4. The average Bonchev–Trinajstić information content (AvgIpc) is 3.26. The molecular formula is C22H18FN3O4S2. The van der Waals surface area contributed by atoms with E-state index >= 15 is 0 Å². The molecule has 1 aliphatic rings. The molecule has 164 valence electrons. The first-order valence-corrected chi connectivity index (χ1v) is 12.1. The van der Waals surface area contributed by atoms with Crippen molar-refractivity contribution in [3.05, 3.63) is 66.7 Å². The van der Waals surface area contributed by atoms with Crippen LogP contribution in [0.15, 0.2) is 65.8 Å². The predicted octanol–water partition coefficient (Wildman–Crippen LogP) is 4.31. The van der Waals surface area contributed by atoms with Crippen molar-refractivity contribution in [3.63, 3.8) is 0 Å². The van der Waals surface area contributed by atoms with Gasteiger partial charge in [-0.1, -0.05) is 12.1 Å². The van der Waals surface area contributed by atoms with E-state index in [4.69, 9.17) is 9.47 Å². The highest BCUT2D eigenvalue weighted by Gasteiger charge is 2.26. The van der Waals surface area contributed by atoms with E-state index in [9.17, 15) is 12.8 Å². The van der Waals surface area contributed by atoms with E-state index in [2.05, 4.69) is 9.97 Å².